The molecule has 0 aliphatic carbocycles. The Morgan fingerprint density at radius 2 is 2.00 bits per heavy atom. The first kappa shape index (κ1) is 16.2. The third-order valence-electron chi connectivity index (χ3n) is 3.69. The Kier molecular flexibility index (Phi) is 4.64. The molecule has 0 atom stereocenters. The average Bonchev–Trinajstić information content (AvgIpc) is 3.11. The lowest BCUT2D eigenvalue weighted by Gasteiger charge is -2.11. The van der Waals surface area contributed by atoms with Crippen LogP contribution < -0.4 is 0 Å². The van der Waals surface area contributed by atoms with Crippen molar-refractivity contribution in [2.24, 2.45) is 0 Å². The molecule has 0 fully saturated rings. The quantitative estimate of drug-likeness (QED) is 0.678. The third-order valence-corrected chi connectivity index (χ3v) is 4.02. The zero-order chi connectivity index (χ0) is 17.1. The molecule has 0 unspecified atom stereocenters. The number of benzene rings is 2. The average molecular weight is 342 g/mol. The van der Waals surface area contributed by atoms with E-state index in [1.807, 2.05) is 48.5 Å². The van der Waals surface area contributed by atoms with E-state index in [0.717, 1.165) is 21.9 Å². The summed E-state index contributed by atoms with van der Waals surface area (Å²) in [5.74, 6) is -0.307. The topological polar surface area (TPSA) is 47.4 Å². The first-order valence-electron chi connectivity index (χ1n) is 7.31. The van der Waals surface area contributed by atoms with E-state index in [1.54, 1.807) is 24.1 Å². The Morgan fingerprint density at radius 3 is 2.75 bits per heavy atom. The molecule has 24 heavy (non-hydrogen) atoms. The molecule has 122 valence electrons. The van der Waals surface area contributed by atoms with Crippen molar-refractivity contribution in [2.75, 3.05) is 14.2 Å². The molecule has 3 aromatic rings. The van der Waals surface area contributed by atoms with Crippen molar-refractivity contribution in [3.63, 3.8) is 0 Å². The molecule has 2 aromatic carbocycles. The molecular formula is C18H16ClN3O2. The summed E-state index contributed by atoms with van der Waals surface area (Å²) < 4.78 is 1.79. The van der Waals surface area contributed by atoms with Gasteiger partial charge in [0.05, 0.1) is 7.11 Å². The first-order chi connectivity index (χ1) is 11.6. The maximum atomic E-state index is 12.1. The zero-order valence-corrected chi connectivity index (χ0v) is 14.1. The van der Waals surface area contributed by atoms with Gasteiger partial charge < -0.3 is 4.57 Å². The van der Waals surface area contributed by atoms with Gasteiger partial charge in [-0.2, -0.15) is 0 Å². The van der Waals surface area contributed by atoms with Crippen LogP contribution in [0, 0.1) is 0 Å². The Morgan fingerprint density at radius 1 is 1.21 bits per heavy atom. The summed E-state index contributed by atoms with van der Waals surface area (Å²) in [6.07, 6.45) is 3.27. The van der Waals surface area contributed by atoms with Crippen LogP contribution in [-0.4, -0.2) is 34.7 Å². The molecule has 1 aromatic heterocycles. The van der Waals surface area contributed by atoms with Crippen LogP contribution >= 0.6 is 11.6 Å². The van der Waals surface area contributed by atoms with E-state index < -0.39 is 0 Å². The van der Waals surface area contributed by atoms with Crippen LogP contribution in [-0.2, 0) is 4.84 Å². The Hall–Kier alpha value is -2.63. The second-order valence-corrected chi connectivity index (χ2v) is 5.59. The lowest BCUT2D eigenvalue weighted by atomic mass is 10.1. The fraction of sp³-hybridized carbons (Fsp3) is 0.111. The summed E-state index contributed by atoms with van der Waals surface area (Å²) in [5.41, 5.74) is 3.15. The number of hydroxylamine groups is 2. The predicted molar refractivity (Wildman–Crippen MR) is 93.1 cm³/mol. The van der Waals surface area contributed by atoms with Gasteiger partial charge in [0.1, 0.15) is 12.0 Å². The number of halogens is 1. The standard InChI is InChI=1S/C18H16ClN3O2/c1-21(24-2)18(23)17-11-22(12-20-17)14-7-5-6-13(10-14)15-8-3-4-9-16(15)19/h3-12H,1-2H3. The van der Waals surface area contributed by atoms with Gasteiger partial charge in [-0.1, -0.05) is 41.9 Å². The minimum atomic E-state index is -0.307. The van der Waals surface area contributed by atoms with Crippen LogP contribution in [0.2, 0.25) is 5.02 Å². The summed E-state index contributed by atoms with van der Waals surface area (Å²) in [4.78, 5) is 21.1. The maximum absolute atomic E-state index is 12.1. The molecule has 5 nitrogen and oxygen atoms in total. The second kappa shape index (κ2) is 6.86. The molecular weight excluding hydrogens is 326 g/mol. The van der Waals surface area contributed by atoms with Crippen molar-refractivity contribution in [3.8, 4) is 16.8 Å². The number of imidazole rings is 1. The van der Waals surface area contributed by atoms with E-state index >= 15 is 0 Å². The van der Waals surface area contributed by atoms with E-state index in [9.17, 15) is 4.79 Å². The number of nitrogens with zero attached hydrogens (tertiary/aromatic N) is 3. The molecule has 0 radical (unpaired) electrons. The molecule has 6 heteroatoms. The number of hydrogen-bond donors (Lipinski definition) is 0. The summed E-state index contributed by atoms with van der Waals surface area (Å²) in [6.45, 7) is 0. The fourth-order valence-electron chi connectivity index (χ4n) is 2.35. The number of amides is 1. The SMILES string of the molecule is CON(C)C(=O)c1cn(-c2cccc(-c3ccccc3Cl)c2)cn1. The van der Waals surface area contributed by atoms with Crippen molar-refractivity contribution in [2.45, 2.75) is 0 Å². The van der Waals surface area contributed by atoms with E-state index in [0.29, 0.717) is 10.7 Å². The Labute approximate surface area is 145 Å². The van der Waals surface area contributed by atoms with Crippen molar-refractivity contribution >= 4 is 17.5 Å². The summed E-state index contributed by atoms with van der Waals surface area (Å²) in [5, 5.41) is 1.82. The van der Waals surface area contributed by atoms with Crippen molar-refractivity contribution < 1.29 is 9.63 Å². The van der Waals surface area contributed by atoms with Gasteiger partial charge in [-0.3, -0.25) is 9.63 Å². The van der Waals surface area contributed by atoms with Crippen LogP contribution in [0.25, 0.3) is 16.8 Å². The van der Waals surface area contributed by atoms with E-state index in [2.05, 4.69) is 4.98 Å². The van der Waals surface area contributed by atoms with Gasteiger partial charge in [0, 0.05) is 29.5 Å². The molecule has 0 aliphatic rings. The molecule has 0 spiro atoms. The normalized spacial score (nSPS) is 10.6. The Bertz CT molecular complexity index is 876. The van der Waals surface area contributed by atoms with Crippen LogP contribution in [0.1, 0.15) is 10.5 Å². The highest BCUT2D eigenvalue weighted by Crippen LogP contribution is 2.28. The number of hydrogen-bond acceptors (Lipinski definition) is 3. The van der Waals surface area contributed by atoms with E-state index in [-0.39, 0.29) is 5.91 Å². The fourth-order valence-corrected chi connectivity index (χ4v) is 2.59. The highest BCUT2D eigenvalue weighted by molar-refractivity contribution is 6.33. The van der Waals surface area contributed by atoms with Gasteiger partial charge in [-0.15, -0.1) is 0 Å². The van der Waals surface area contributed by atoms with Gasteiger partial charge in [0.25, 0.3) is 5.91 Å². The van der Waals surface area contributed by atoms with E-state index in [1.165, 1.54) is 7.11 Å². The van der Waals surface area contributed by atoms with Crippen molar-refractivity contribution in [1.29, 1.82) is 0 Å². The second-order valence-electron chi connectivity index (χ2n) is 5.18. The molecule has 0 saturated carbocycles. The third kappa shape index (κ3) is 3.18. The summed E-state index contributed by atoms with van der Waals surface area (Å²) in [7, 11) is 2.97. The largest absolute Gasteiger partial charge is 0.305 e. The van der Waals surface area contributed by atoms with Gasteiger partial charge >= 0.3 is 0 Å². The molecule has 1 amide bonds. The number of aromatic nitrogens is 2. The van der Waals surface area contributed by atoms with Gasteiger partial charge in [-0.25, -0.2) is 10.0 Å². The lowest BCUT2D eigenvalue weighted by molar-refractivity contribution is -0.0760. The number of carbonyl (C=O) groups is 1. The van der Waals surface area contributed by atoms with Crippen LogP contribution in [0.4, 0.5) is 0 Å². The van der Waals surface area contributed by atoms with Gasteiger partial charge in [0.2, 0.25) is 0 Å². The monoisotopic (exact) mass is 341 g/mol. The minimum absolute atomic E-state index is 0.307. The van der Waals surface area contributed by atoms with Crippen LogP contribution in [0.3, 0.4) is 0 Å². The minimum Gasteiger partial charge on any atom is -0.305 e. The molecule has 0 saturated heterocycles. The van der Waals surface area contributed by atoms with Crippen molar-refractivity contribution in [1.82, 2.24) is 14.6 Å². The summed E-state index contributed by atoms with van der Waals surface area (Å²) >= 11 is 6.27. The zero-order valence-electron chi connectivity index (χ0n) is 13.3. The van der Waals surface area contributed by atoms with Crippen molar-refractivity contribution in [3.05, 3.63) is 71.8 Å². The highest BCUT2D eigenvalue weighted by atomic mass is 35.5. The van der Waals surface area contributed by atoms with Gasteiger partial charge in [0.15, 0.2) is 0 Å². The highest BCUT2D eigenvalue weighted by Gasteiger charge is 2.15. The number of rotatable bonds is 4. The first-order valence-corrected chi connectivity index (χ1v) is 7.69. The number of carbonyl (C=O) groups excluding carboxylic acids is 1. The smallest absolute Gasteiger partial charge is 0.297 e. The van der Waals surface area contributed by atoms with E-state index in [4.69, 9.17) is 16.4 Å². The summed E-state index contributed by atoms with van der Waals surface area (Å²) in [6, 6.07) is 15.5. The van der Waals surface area contributed by atoms with Crippen LogP contribution in [0.5, 0.6) is 0 Å². The molecule has 1 heterocycles. The lowest BCUT2D eigenvalue weighted by Crippen LogP contribution is -2.25. The molecule has 0 N–H and O–H groups in total. The molecule has 0 aliphatic heterocycles. The molecule has 0 bridgehead atoms. The van der Waals surface area contributed by atoms with Crippen LogP contribution in [0.15, 0.2) is 61.1 Å². The van der Waals surface area contributed by atoms with Gasteiger partial charge in [-0.05, 0) is 23.8 Å². The maximum Gasteiger partial charge on any atom is 0.297 e. The predicted octanol–water partition coefficient (Wildman–Crippen LogP) is 3.83. The molecule has 3 rings (SSSR count). The Balaban J connectivity index is 1.94.